The molecule has 1 N–H and O–H groups in total. The molecule has 0 bridgehead atoms. The van der Waals surface area contributed by atoms with Crippen LogP contribution in [0.5, 0.6) is 0 Å². The highest BCUT2D eigenvalue weighted by Gasteiger charge is 2.28. The predicted octanol–water partition coefficient (Wildman–Crippen LogP) is 2.71. The van der Waals surface area contributed by atoms with Crippen LogP contribution in [0.2, 0.25) is 0 Å². The maximum atomic E-state index is 12.8. The third kappa shape index (κ3) is 3.61. The lowest BCUT2D eigenvalue weighted by Crippen LogP contribution is -2.40. The molecule has 0 aliphatic carbocycles. The van der Waals surface area contributed by atoms with Gasteiger partial charge in [-0.3, -0.25) is 14.0 Å². The monoisotopic (exact) mass is 390 g/mol. The van der Waals surface area contributed by atoms with Crippen LogP contribution >= 0.6 is 0 Å². The van der Waals surface area contributed by atoms with E-state index in [2.05, 4.69) is 20.6 Å². The van der Waals surface area contributed by atoms with Gasteiger partial charge in [-0.2, -0.15) is 5.10 Å². The highest BCUT2D eigenvalue weighted by atomic mass is 16.2. The van der Waals surface area contributed by atoms with E-state index in [-0.39, 0.29) is 24.3 Å². The Morgan fingerprint density at radius 1 is 1.14 bits per heavy atom. The maximum absolute atomic E-state index is 12.8. The minimum absolute atomic E-state index is 0.119. The molecule has 1 unspecified atom stereocenters. The topological polar surface area (TPSA) is 92.0 Å². The van der Waals surface area contributed by atoms with Gasteiger partial charge in [0.05, 0.1) is 11.7 Å². The van der Waals surface area contributed by atoms with Gasteiger partial charge in [-0.15, -0.1) is 10.2 Å². The summed E-state index contributed by atoms with van der Waals surface area (Å²) in [5.74, 6) is 0.201. The molecule has 1 aliphatic heterocycles. The van der Waals surface area contributed by atoms with Gasteiger partial charge in [-0.05, 0) is 50.1 Å². The number of hydrogen-bond acceptors (Lipinski definition) is 5. The average Bonchev–Trinajstić information content (AvgIpc) is 3.14. The summed E-state index contributed by atoms with van der Waals surface area (Å²) in [5.41, 5.74) is 3.70. The summed E-state index contributed by atoms with van der Waals surface area (Å²) in [6, 6.07) is 11.1. The molecular formula is C21H22N6O2. The SMILES string of the molecule is Cc1ccc(C)c(N2N=C(C(=O)NC(C)c3nnc4ccccn34)CCC2=O)c1. The second-order valence-electron chi connectivity index (χ2n) is 7.22. The van der Waals surface area contributed by atoms with E-state index in [9.17, 15) is 9.59 Å². The molecule has 8 heteroatoms. The van der Waals surface area contributed by atoms with Crippen molar-refractivity contribution in [2.24, 2.45) is 5.10 Å². The van der Waals surface area contributed by atoms with Crippen molar-refractivity contribution in [3.63, 3.8) is 0 Å². The van der Waals surface area contributed by atoms with Gasteiger partial charge in [0.1, 0.15) is 5.71 Å². The predicted molar refractivity (Wildman–Crippen MR) is 110 cm³/mol. The third-order valence-electron chi connectivity index (χ3n) is 4.96. The number of aromatic nitrogens is 3. The van der Waals surface area contributed by atoms with Crippen LogP contribution in [-0.4, -0.2) is 32.1 Å². The number of hydrazone groups is 1. The minimum atomic E-state index is -0.366. The van der Waals surface area contributed by atoms with Crippen molar-refractivity contribution in [1.82, 2.24) is 19.9 Å². The maximum Gasteiger partial charge on any atom is 0.268 e. The molecule has 148 valence electrons. The number of pyridine rings is 1. The van der Waals surface area contributed by atoms with Crippen molar-refractivity contribution in [3.8, 4) is 0 Å². The van der Waals surface area contributed by atoms with Crippen molar-refractivity contribution in [2.75, 3.05) is 5.01 Å². The van der Waals surface area contributed by atoms with Crippen molar-refractivity contribution in [2.45, 2.75) is 39.7 Å². The Morgan fingerprint density at radius 3 is 2.79 bits per heavy atom. The normalized spacial score (nSPS) is 15.3. The van der Waals surface area contributed by atoms with Crippen LogP contribution in [0.25, 0.3) is 5.65 Å². The smallest absolute Gasteiger partial charge is 0.268 e. The fraction of sp³-hybridized carbons (Fsp3) is 0.286. The Kier molecular flexibility index (Phi) is 4.84. The van der Waals surface area contributed by atoms with Crippen molar-refractivity contribution < 1.29 is 9.59 Å². The van der Waals surface area contributed by atoms with Gasteiger partial charge in [0.15, 0.2) is 11.5 Å². The van der Waals surface area contributed by atoms with E-state index in [1.165, 1.54) is 5.01 Å². The van der Waals surface area contributed by atoms with E-state index in [0.717, 1.165) is 11.1 Å². The van der Waals surface area contributed by atoms with Gasteiger partial charge < -0.3 is 5.32 Å². The summed E-state index contributed by atoms with van der Waals surface area (Å²) < 4.78 is 1.83. The van der Waals surface area contributed by atoms with E-state index in [0.29, 0.717) is 29.3 Å². The van der Waals surface area contributed by atoms with E-state index >= 15 is 0 Å². The molecule has 0 saturated heterocycles. The van der Waals surface area contributed by atoms with Crippen molar-refractivity contribution >= 4 is 28.9 Å². The summed E-state index contributed by atoms with van der Waals surface area (Å²) in [6.45, 7) is 5.72. The second kappa shape index (κ2) is 7.46. The molecule has 2 amide bonds. The quantitative estimate of drug-likeness (QED) is 0.741. The van der Waals surface area contributed by atoms with Gasteiger partial charge in [0, 0.05) is 19.0 Å². The fourth-order valence-corrected chi connectivity index (χ4v) is 3.35. The number of rotatable bonds is 4. The standard InChI is InChI=1S/C21H22N6O2/c1-13-7-8-14(2)17(12-13)27-19(28)10-9-16(25-27)21(29)22-15(3)20-24-23-18-6-4-5-11-26(18)20/h4-8,11-12,15H,9-10H2,1-3H3,(H,22,29). The number of benzene rings is 1. The molecule has 0 fully saturated rings. The number of carbonyl (C=O) groups is 2. The highest BCUT2D eigenvalue weighted by Crippen LogP contribution is 2.25. The highest BCUT2D eigenvalue weighted by molar-refractivity contribution is 6.40. The molecule has 1 aromatic carbocycles. The minimum Gasteiger partial charge on any atom is -0.341 e. The lowest BCUT2D eigenvalue weighted by atomic mass is 10.1. The van der Waals surface area contributed by atoms with Gasteiger partial charge >= 0.3 is 0 Å². The Labute approximate surface area is 168 Å². The Bertz CT molecular complexity index is 1130. The van der Waals surface area contributed by atoms with Crippen LogP contribution in [0.4, 0.5) is 5.69 Å². The summed E-state index contributed by atoms with van der Waals surface area (Å²) in [5, 5.41) is 16.9. The lowest BCUT2D eigenvalue weighted by Gasteiger charge is -2.25. The molecular weight excluding hydrogens is 368 g/mol. The molecule has 3 heterocycles. The molecule has 3 aromatic rings. The number of aryl methyl sites for hydroxylation is 2. The van der Waals surface area contributed by atoms with Gasteiger partial charge in [0.2, 0.25) is 5.91 Å². The molecule has 0 spiro atoms. The van der Waals surface area contributed by atoms with E-state index < -0.39 is 0 Å². The first-order valence-electron chi connectivity index (χ1n) is 9.52. The first-order chi connectivity index (χ1) is 13.9. The lowest BCUT2D eigenvalue weighted by molar-refractivity contribution is -0.119. The summed E-state index contributed by atoms with van der Waals surface area (Å²) in [6.07, 6.45) is 2.40. The first kappa shape index (κ1) is 18.8. The zero-order chi connectivity index (χ0) is 20.5. The number of anilines is 1. The number of nitrogens with zero attached hydrogens (tertiary/aromatic N) is 5. The van der Waals surface area contributed by atoms with Crippen LogP contribution in [0.15, 0.2) is 47.7 Å². The number of carbonyl (C=O) groups excluding carboxylic acids is 2. The Balaban J connectivity index is 1.57. The molecule has 29 heavy (non-hydrogen) atoms. The van der Waals surface area contributed by atoms with Gasteiger partial charge in [-0.25, -0.2) is 5.01 Å². The van der Waals surface area contributed by atoms with Crippen LogP contribution in [-0.2, 0) is 9.59 Å². The number of hydrogen-bond donors (Lipinski definition) is 1. The first-order valence-corrected chi connectivity index (χ1v) is 9.52. The summed E-state index contributed by atoms with van der Waals surface area (Å²) >= 11 is 0. The van der Waals surface area contributed by atoms with E-state index in [4.69, 9.17) is 0 Å². The number of fused-ring (bicyclic) bond motifs is 1. The molecule has 2 aromatic heterocycles. The number of nitrogens with one attached hydrogen (secondary N) is 1. The van der Waals surface area contributed by atoms with Crippen molar-refractivity contribution in [1.29, 1.82) is 0 Å². The molecule has 0 radical (unpaired) electrons. The third-order valence-corrected chi connectivity index (χ3v) is 4.96. The largest absolute Gasteiger partial charge is 0.341 e. The Morgan fingerprint density at radius 2 is 1.97 bits per heavy atom. The summed E-state index contributed by atoms with van der Waals surface area (Å²) in [4.78, 5) is 25.3. The molecule has 1 atom stereocenters. The van der Waals surface area contributed by atoms with Crippen molar-refractivity contribution in [3.05, 3.63) is 59.5 Å². The van der Waals surface area contributed by atoms with Gasteiger partial charge in [-0.1, -0.05) is 18.2 Å². The van der Waals surface area contributed by atoms with Crippen LogP contribution < -0.4 is 10.3 Å². The molecule has 4 rings (SSSR count). The van der Waals surface area contributed by atoms with Crippen LogP contribution in [0.3, 0.4) is 0 Å². The zero-order valence-corrected chi connectivity index (χ0v) is 16.6. The van der Waals surface area contributed by atoms with E-state index in [1.807, 2.05) is 67.8 Å². The second-order valence-corrected chi connectivity index (χ2v) is 7.22. The molecule has 8 nitrogen and oxygen atoms in total. The van der Waals surface area contributed by atoms with Crippen LogP contribution in [0, 0.1) is 13.8 Å². The number of amides is 2. The molecule has 1 aliphatic rings. The van der Waals surface area contributed by atoms with E-state index in [1.54, 1.807) is 0 Å². The summed E-state index contributed by atoms with van der Waals surface area (Å²) in [7, 11) is 0. The molecule has 0 saturated carbocycles. The zero-order valence-electron chi connectivity index (χ0n) is 16.6. The van der Waals surface area contributed by atoms with Gasteiger partial charge in [0.25, 0.3) is 5.91 Å². The fourth-order valence-electron chi connectivity index (χ4n) is 3.35. The Hall–Kier alpha value is -3.55. The average molecular weight is 390 g/mol. The van der Waals surface area contributed by atoms with Crippen LogP contribution in [0.1, 0.15) is 42.8 Å².